The quantitative estimate of drug-likeness (QED) is 0.341. The lowest BCUT2D eigenvalue weighted by molar-refractivity contribution is -0.126. The predicted octanol–water partition coefficient (Wildman–Crippen LogP) is 6.70. The largest absolute Gasteiger partial charge is 0.493 e. The maximum absolute atomic E-state index is 14.5. The number of nitrogens with one attached hydrogen (secondary N) is 1. The molecule has 0 spiro atoms. The van der Waals surface area contributed by atoms with Crippen LogP contribution in [0, 0.1) is 5.82 Å². The summed E-state index contributed by atoms with van der Waals surface area (Å²) in [5, 5.41) is 3.76. The van der Waals surface area contributed by atoms with E-state index >= 15 is 0 Å². The van der Waals surface area contributed by atoms with Gasteiger partial charge >= 0.3 is 0 Å². The number of ketones is 1. The van der Waals surface area contributed by atoms with Crippen LogP contribution in [0.3, 0.4) is 0 Å². The van der Waals surface area contributed by atoms with E-state index in [-0.39, 0.29) is 22.9 Å². The third-order valence-corrected chi connectivity index (χ3v) is 8.09. The molecule has 0 unspecified atom stereocenters. The molecule has 7 nitrogen and oxygen atoms in total. The van der Waals surface area contributed by atoms with Crippen molar-refractivity contribution in [2.75, 3.05) is 19.0 Å². The second-order valence-electron chi connectivity index (χ2n) is 10.1. The van der Waals surface area contributed by atoms with Crippen LogP contribution >= 0.6 is 11.6 Å². The van der Waals surface area contributed by atoms with Crippen LogP contribution in [0.2, 0.25) is 5.02 Å². The summed E-state index contributed by atoms with van der Waals surface area (Å²) >= 11 is 5.96. The van der Waals surface area contributed by atoms with Gasteiger partial charge in [0.2, 0.25) is 0 Å². The first-order valence-electron chi connectivity index (χ1n) is 13.5. The van der Waals surface area contributed by atoms with Gasteiger partial charge in [0.25, 0.3) is 0 Å². The summed E-state index contributed by atoms with van der Waals surface area (Å²) in [6.45, 7) is 2.97. The highest BCUT2D eigenvalue weighted by Crippen LogP contribution is 2.38. The molecule has 5 rings (SSSR count). The molecule has 3 aromatic rings. The van der Waals surface area contributed by atoms with Crippen LogP contribution in [0.4, 0.5) is 15.9 Å². The van der Waals surface area contributed by atoms with Gasteiger partial charge in [0.15, 0.2) is 17.3 Å². The number of anilines is 2. The number of Topliss-reactive ketones (excluding diaryl/α,β-unsaturated/α-hetero) is 1. The van der Waals surface area contributed by atoms with E-state index < -0.39 is 5.82 Å². The maximum atomic E-state index is 14.5. The molecule has 0 amide bonds. The third-order valence-electron chi connectivity index (χ3n) is 7.80. The normalized spacial score (nSPS) is 22.3. The van der Waals surface area contributed by atoms with E-state index in [0.717, 1.165) is 51.5 Å². The van der Waals surface area contributed by atoms with E-state index in [9.17, 15) is 9.18 Å². The number of carbonyl (C=O) groups excluding carboxylic acids is 1. The number of nitrogens with zero attached hydrogens (tertiary/aromatic N) is 3. The van der Waals surface area contributed by atoms with E-state index in [4.69, 9.17) is 21.1 Å². The van der Waals surface area contributed by atoms with Crippen molar-refractivity contribution in [3.8, 4) is 11.5 Å². The Labute approximate surface area is 227 Å². The SMILES string of the molecule is CCC(=O)[C@H]1CCCCN1C1CCC(Oc2cc3c(Nc4cccc(Cl)c4F)ncnc3cc2OC)CC1. The van der Waals surface area contributed by atoms with Gasteiger partial charge in [-0.05, 0) is 63.3 Å². The molecule has 202 valence electrons. The van der Waals surface area contributed by atoms with Gasteiger partial charge in [0.1, 0.15) is 17.9 Å². The molecule has 9 heteroatoms. The predicted molar refractivity (Wildman–Crippen MR) is 147 cm³/mol. The molecule has 1 aromatic heterocycles. The van der Waals surface area contributed by atoms with Crippen LogP contribution in [0.25, 0.3) is 10.9 Å². The minimum absolute atomic E-state index is 0.0320. The fourth-order valence-corrected chi connectivity index (χ4v) is 5.96. The molecule has 38 heavy (non-hydrogen) atoms. The first-order chi connectivity index (χ1) is 18.5. The first kappa shape index (κ1) is 26.6. The van der Waals surface area contributed by atoms with Crippen molar-refractivity contribution < 1.29 is 18.7 Å². The van der Waals surface area contributed by atoms with Gasteiger partial charge in [-0.3, -0.25) is 9.69 Å². The number of carbonyl (C=O) groups is 1. The van der Waals surface area contributed by atoms with Crippen LogP contribution in [-0.2, 0) is 4.79 Å². The summed E-state index contributed by atoms with van der Waals surface area (Å²) in [6, 6.07) is 8.94. The van der Waals surface area contributed by atoms with Gasteiger partial charge < -0.3 is 14.8 Å². The standard InChI is InChI=1S/C29H34ClFN4O3/c1-3-25(36)24-9-4-5-14-35(24)18-10-12-19(13-11-18)38-27-15-20-23(16-26(27)37-2)32-17-33-29(20)34-22-8-6-7-21(30)28(22)31/h6-8,15-19,24H,3-5,9-14H2,1-2H3,(H,32,33,34)/t18?,19?,24-/m1/s1. The van der Waals surface area contributed by atoms with Crippen molar-refractivity contribution in [1.82, 2.24) is 14.9 Å². The number of ether oxygens (including phenoxy) is 2. The van der Waals surface area contributed by atoms with E-state index in [1.165, 1.54) is 12.4 Å². The summed E-state index contributed by atoms with van der Waals surface area (Å²) < 4.78 is 26.6. The summed E-state index contributed by atoms with van der Waals surface area (Å²) in [6.07, 6.45) is 9.14. The molecule has 2 fully saturated rings. The molecular weight excluding hydrogens is 507 g/mol. The zero-order valence-corrected chi connectivity index (χ0v) is 22.6. The zero-order chi connectivity index (χ0) is 26.6. The minimum Gasteiger partial charge on any atom is -0.493 e. The van der Waals surface area contributed by atoms with E-state index in [0.29, 0.717) is 46.5 Å². The number of rotatable bonds is 8. The van der Waals surface area contributed by atoms with Crippen molar-refractivity contribution in [3.63, 3.8) is 0 Å². The summed E-state index contributed by atoms with van der Waals surface area (Å²) in [5.74, 6) is 1.46. The Morgan fingerprint density at radius 3 is 2.71 bits per heavy atom. The summed E-state index contributed by atoms with van der Waals surface area (Å²) in [4.78, 5) is 23.7. The smallest absolute Gasteiger partial charge is 0.165 e. The Balaban J connectivity index is 1.33. The lowest BCUT2D eigenvalue weighted by Gasteiger charge is -2.43. The van der Waals surface area contributed by atoms with E-state index in [1.807, 2.05) is 19.1 Å². The zero-order valence-electron chi connectivity index (χ0n) is 21.9. The number of likely N-dealkylation sites (tertiary alicyclic amines) is 1. The fourth-order valence-electron chi connectivity index (χ4n) is 5.79. The van der Waals surface area contributed by atoms with Gasteiger partial charge in [-0.2, -0.15) is 0 Å². The van der Waals surface area contributed by atoms with Crippen molar-refractivity contribution in [2.24, 2.45) is 0 Å². The number of fused-ring (bicyclic) bond motifs is 1. The third kappa shape index (κ3) is 5.57. The second-order valence-corrected chi connectivity index (χ2v) is 10.5. The Hall–Kier alpha value is -2.97. The van der Waals surface area contributed by atoms with Crippen molar-refractivity contribution in [3.05, 3.63) is 47.5 Å². The molecule has 1 aliphatic heterocycles. The topological polar surface area (TPSA) is 76.6 Å². The maximum Gasteiger partial charge on any atom is 0.165 e. The Bertz CT molecular complexity index is 1300. The first-order valence-corrected chi connectivity index (χ1v) is 13.8. The van der Waals surface area contributed by atoms with Gasteiger partial charge in [-0.15, -0.1) is 0 Å². The summed E-state index contributed by atoms with van der Waals surface area (Å²) in [5.41, 5.74) is 0.876. The average molecular weight is 541 g/mol. The lowest BCUT2D eigenvalue weighted by atomic mass is 9.87. The van der Waals surface area contributed by atoms with Gasteiger partial charge in [-0.25, -0.2) is 14.4 Å². The molecule has 1 N–H and O–H groups in total. The summed E-state index contributed by atoms with van der Waals surface area (Å²) in [7, 11) is 1.61. The molecule has 1 saturated carbocycles. The van der Waals surface area contributed by atoms with E-state index in [2.05, 4.69) is 20.2 Å². The second kappa shape index (κ2) is 11.8. The molecule has 2 aliphatic rings. The average Bonchev–Trinajstić information content (AvgIpc) is 2.95. The minimum atomic E-state index is -0.542. The monoisotopic (exact) mass is 540 g/mol. The Kier molecular flexibility index (Phi) is 8.29. The molecule has 2 aromatic carbocycles. The lowest BCUT2D eigenvalue weighted by Crippen LogP contribution is -2.51. The molecule has 2 heterocycles. The van der Waals surface area contributed by atoms with Gasteiger partial charge in [0.05, 0.1) is 35.5 Å². The Morgan fingerprint density at radius 1 is 1.13 bits per heavy atom. The molecule has 1 aliphatic carbocycles. The van der Waals surface area contributed by atoms with Gasteiger partial charge in [-0.1, -0.05) is 31.0 Å². The molecule has 1 atom stereocenters. The van der Waals surface area contributed by atoms with Gasteiger partial charge in [0, 0.05) is 23.9 Å². The number of halogens is 2. The van der Waals surface area contributed by atoms with Crippen LogP contribution < -0.4 is 14.8 Å². The van der Waals surface area contributed by atoms with Crippen molar-refractivity contribution >= 4 is 39.8 Å². The van der Waals surface area contributed by atoms with Crippen molar-refractivity contribution in [1.29, 1.82) is 0 Å². The van der Waals surface area contributed by atoms with Crippen LogP contribution in [0.15, 0.2) is 36.7 Å². The molecular formula is C29H34ClFN4O3. The number of hydrogen-bond acceptors (Lipinski definition) is 7. The van der Waals surface area contributed by atoms with Crippen LogP contribution in [-0.4, -0.2) is 52.5 Å². The highest BCUT2D eigenvalue weighted by Gasteiger charge is 2.35. The number of methoxy groups -OCH3 is 1. The number of benzene rings is 2. The molecule has 0 radical (unpaired) electrons. The van der Waals surface area contributed by atoms with E-state index in [1.54, 1.807) is 19.2 Å². The molecule has 1 saturated heterocycles. The number of aromatic nitrogens is 2. The van der Waals surface area contributed by atoms with Crippen molar-refractivity contribution in [2.45, 2.75) is 76.5 Å². The van der Waals surface area contributed by atoms with Crippen LogP contribution in [0.1, 0.15) is 58.3 Å². The highest BCUT2D eigenvalue weighted by atomic mass is 35.5. The highest BCUT2D eigenvalue weighted by molar-refractivity contribution is 6.31. The number of piperidine rings is 1. The number of hydrogen-bond donors (Lipinski definition) is 1. The fraction of sp³-hybridized carbons (Fsp3) is 0.483. The van der Waals surface area contributed by atoms with Crippen LogP contribution in [0.5, 0.6) is 11.5 Å². The molecule has 0 bridgehead atoms. The Morgan fingerprint density at radius 2 is 1.95 bits per heavy atom.